The zero-order valence-corrected chi connectivity index (χ0v) is 9.79. The molecule has 0 spiro atoms. The van der Waals surface area contributed by atoms with E-state index in [1.807, 2.05) is 13.8 Å². The first kappa shape index (κ1) is 13.7. The molecule has 0 aliphatic heterocycles. The molecule has 0 bridgehead atoms. The van der Waals surface area contributed by atoms with E-state index in [1.54, 1.807) is 13.8 Å². The molecule has 0 unspecified atom stereocenters. The highest BCUT2D eigenvalue weighted by molar-refractivity contribution is 5.80. The largest absolute Gasteiger partial charge is 0.462 e. The molecule has 0 rings (SSSR count). The van der Waals surface area contributed by atoms with Crippen molar-refractivity contribution in [2.24, 2.45) is 5.92 Å². The van der Waals surface area contributed by atoms with Gasteiger partial charge in [-0.15, -0.1) is 0 Å². The van der Waals surface area contributed by atoms with Crippen molar-refractivity contribution < 1.29 is 14.3 Å². The minimum absolute atomic E-state index is 0.0951. The number of rotatable bonds is 5. The minimum atomic E-state index is -0.426. The number of amides is 2. The van der Waals surface area contributed by atoms with E-state index in [1.165, 1.54) is 0 Å². The predicted octanol–water partition coefficient (Wildman–Crippen LogP) is 0.893. The van der Waals surface area contributed by atoms with Crippen LogP contribution in [0, 0.1) is 5.92 Å². The monoisotopic (exact) mass is 216 g/mol. The number of esters is 1. The van der Waals surface area contributed by atoms with Crippen molar-refractivity contribution in [1.82, 2.24) is 10.6 Å². The summed E-state index contributed by atoms with van der Waals surface area (Å²) in [5.41, 5.74) is 0. The van der Waals surface area contributed by atoms with Gasteiger partial charge in [-0.1, -0.05) is 13.8 Å². The van der Waals surface area contributed by atoms with Gasteiger partial charge >= 0.3 is 12.0 Å². The van der Waals surface area contributed by atoms with Crippen LogP contribution in [0.2, 0.25) is 0 Å². The summed E-state index contributed by atoms with van der Waals surface area (Å²) in [7, 11) is 0. The van der Waals surface area contributed by atoms with Gasteiger partial charge in [0.1, 0.15) is 6.54 Å². The lowest BCUT2D eigenvalue weighted by Gasteiger charge is -2.10. The normalized spacial score (nSPS) is 10.3. The fraction of sp³-hybridized carbons (Fsp3) is 0.800. The number of urea groups is 1. The van der Waals surface area contributed by atoms with Crippen molar-refractivity contribution in [3.05, 3.63) is 0 Å². The van der Waals surface area contributed by atoms with Crippen molar-refractivity contribution in [2.45, 2.75) is 33.8 Å². The Kier molecular flexibility index (Phi) is 6.49. The number of hydrogen-bond donors (Lipinski definition) is 2. The van der Waals surface area contributed by atoms with Gasteiger partial charge in [-0.2, -0.15) is 0 Å². The highest BCUT2D eigenvalue weighted by Gasteiger charge is 2.07. The highest BCUT2D eigenvalue weighted by Crippen LogP contribution is 1.88. The Labute approximate surface area is 90.6 Å². The number of carbonyl (C=O) groups excluding carboxylic acids is 2. The van der Waals surface area contributed by atoms with Crippen molar-refractivity contribution in [3.8, 4) is 0 Å². The molecule has 0 atom stereocenters. The highest BCUT2D eigenvalue weighted by atomic mass is 16.5. The first-order chi connectivity index (χ1) is 6.91. The molecule has 0 aromatic heterocycles. The van der Waals surface area contributed by atoms with Crippen LogP contribution in [0.25, 0.3) is 0 Å². The van der Waals surface area contributed by atoms with Gasteiger partial charge in [-0.3, -0.25) is 4.79 Å². The zero-order chi connectivity index (χ0) is 11.8. The molecule has 0 saturated carbocycles. The summed E-state index contributed by atoms with van der Waals surface area (Å²) < 4.78 is 4.84. The third-order valence-electron chi connectivity index (χ3n) is 1.43. The number of nitrogens with one attached hydrogen (secondary N) is 2. The maximum absolute atomic E-state index is 11.1. The predicted molar refractivity (Wildman–Crippen MR) is 57.5 cm³/mol. The summed E-state index contributed by atoms with van der Waals surface area (Å²) in [6.45, 7) is 8.00. The van der Waals surface area contributed by atoms with E-state index in [0.29, 0.717) is 12.5 Å². The molecule has 2 amide bonds. The molecule has 0 aliphatic carbocycles. The Bertz CT molecular complexity index is 215. The first-order valence-electron chi connectivity index (χ1n) is 5.13. The van der Waals surface area contributed by atoms with Crippen LogP contribution in [-0.2, 0) is 9.53 Å². The average molecular weight is 216 g/mol. The zero-order valence-electron chi connectivity index (χ0n) is 9.79. The third kappa shape index (κ3) is 9.05. The van der Waals surface area contributed by atoms with Crippen LogP contribution < -0.4 is 10.6 Å². The van der Waals surface area contributed by atoms with Crippen molar-refractivity contribution in [2.75, 3.05) is 13.1 Å². The summed E-state index contributed by atoms with van der Waals surface area (Å²) >= 11 is 0. The van der Waals surface area contributed by atoms with E-state index >= 15 is 0 Å². The molecule has 0 heterocycles. The molecule has 0 saturated heterocycles. The molecule has 0 aromatic carbocycles. The van der Waals surface area contributed by atoms with Gasteiger partial charge in [-0.05, 0) is 19.8 Å². The van der Waals surface area contributed by atoms with Crippen LogP contribution in [0.1, 0.15) is 27.7 Å². The fourth-order valence-electron chi connectivity index (χ4n) is 0.816. The van der Waals surface area contributed by atoms with E-state index in [-0.39, 0.29) is 18.7 Å². The quantitative estimate of drug-likeness (QED) is 0.671. The molecule has 0 radical (unpaired) electrons. The van der Waals surface area contributed by atoms with Crippen LogP contribution >= 0.6 is 0 Å². The second-order valence-electron chi connectivity index (χ2n) is 4.00. The number of ether oxygens (including phenoxy) is 1. The second-order valence-corrected chi connectivity index (χ2v) is 4.00. The lowest BCUT2D eigenvalue weighted by molar-refractivity contribution is -0.146. The van der Waals surface area contributed by atoms with Gasteiger partial charge in [0.15, 0.2) is 0 Å². The Morgan fingerprint density at radius 2 is 1.73 bits per heavy atom. The van der Waals surface area contributed by atoms with E-state index in [0.717, 1.165) is 0 Å². The number of carbonyl (C=O) groups is 2. The Hall–Kier alpha value is -1.26. The Balaban J connectivity index is 3.58. The topological polar surface area (TPSA) is 67.4 Å². The van der Waals surface area contributed by atoms with Gasteiger partial charge < -0.3 is 15.4 Å². The van der Waals surface area contributed by atoms with E-state index < -0.39 is 5.97 Å². The smallest absolute Gasteiger partial charge is 0.325 e. The van der Waals surface area contributed by atoms with Gasteiger partial charge in [0, 0.05) is 6.54 Å². The van der Waals surface area contributed by atoms with Gasteiger partial charge in [0.2, 0.25) is 0 Å². The summed E-state index contributed by atoms with van der Waals surface area (Å²) in [6, 6.07) is -0.343. The molecule has 0 aliphatic rings. The van der Waals surface area contributed by atoms with Gasteiger partial charge in [-0.25, -0.2) is 4.79 Å². The molecule has 2 N–H and O–H groups in total. The molecule has 0 aromatic rings. The first-order valence-corrected chi connectivity index (χ1v) is 5.13. The van der Waals surface area contributed by atoms with Gasteiger partial charge in [0.25, 0.3) is 0 Å². The van der Waals surface area contributed by atoms with Gasteiger partial charge in [0.05, 0.1) is 6.10 Å². The molecular weight excluding hydrogens is 196 g/mol. The maximum atomic E-state index is 11.1. The third-order valence-corrected chi connectivity index (χ3v) is 1.43. The van der Waals surface area contributed by atoms with Crippen molar-refractivity contribution in [3.63, 3.8) is 0 Å². The minimum Gasteiger partial charge on any atom is -0.462 e. The van der Waals surface area contributed by atoms with E-state index in [4.69, 9.17) is 4.74 Å². The molecule has 5 nitrogen and oxygen atoms in total. The average Bonchev–Trinajstić information content (AvgIpc) is 2.10. The van der Waals surface area contributed by atoms with Crippen molar-refractivity contribution in [1.29, 1.82) is 0 Å². The SMILES string of the molecule is CC(C)CNC(=O)NCC(=O)OC(C)C. The fourth-order valence-corrected chi connectivity index (χ4v) is 0.816. The molecule has 5 heteroatoms. The summed E-state index contributed by atoms with van der Waals surface area (Å²) in [5.74, 6) is -0.0388. The molecule has 15 heavy (non-hydrogen) atoms. The van der Waals surface area contributed by atoms with Crippen LogP contribution in [0.15, 0.2) is 0 Å². The maximum Gasteiger partial charge on any atom is 0.325 e. The summed E-state index contributed by atoms with van der Waals surface area (Å²) in [6.07, 6.45) is -0.155. The van der Waals surface area contributed by atoms with Crippen LogP contribution in [0.3, 0.4) is 0 Å². The van der Waals surface area contributed by atoms with Crippen LogP contribution in [-0.4, -0.2) is 31.2 Å². The summed E-state index contributed by atoms with van der Waals surface area (Å²) in [4.78, 5) is 22.1. The van der Waals surface area contributed by atoms with Crippen LogP contribution in [0.5, 0.6) is 0 Å². The standard InChI is InChI=1S/C10H20N2O3/c1-7(2)5-11-10(14)12-6-9(13)15-8(3)4/h7-8H,5-6H2,1-4H3,(H2,11,12,14). The van der Waals surface area contributed by atoms with Crippen LogP contribution in [0.4, 0.5) is 4.79 Å². The Morgan fingerprint density at radius 3 is 2.20 bits per heavy atom. The molecule has 0 fully saturated rings. The molecular formula is C10H20N2O3. The number of hydrogen-bond acceptors (Lipinski definition) is 3. The summed E-state index contributed by atoms with van der Waals surface area (Å²) in [5, 5.41) is 5.05. The lowest BCUT2D eigenvalue weighted by atomic mass is 10.2. The van der Waals surface area contributed by atoms with E-state index in [2.05, 4.69) is 10.6 Å². The Morgan fingerprint density at radius 1 is 1.13 bits per heavy atom. The van der Waals surface area contributed by atoms with Crippen molar-refractivity contribution >= 4 is 12.0 Å². The lowest BCUT2D eigenvalue weighted by Crippen LogP contribution is -2.40. The second kappa shape index (κ2) is 7.09. The van der Waals surface area contributed by atoms with E-state index in [9.17, 15) is 9.59 Å². The molecule has 88 valence electrons.